The Morgan fingerprint density at radius 3 is 2.48 bits per heavy atom. The first-order valence-corrected chi connectivity index (χ1v) is 7.36. The Balaban J connectivity index is 2.35. The molecule has 0 saturated heterocycles. The van der Waals surface area contributed by atoms with Gasteiger partial charge in [0.05, 0.1) is 27.0 Å². The summed E-state index contributed by atoms with van der Waals surface area (Å²) in [4.78, 5) is 16.4. The number of aromatic nitrogens is 1. The molecule has 0 aliphatic rings. The largest absolute Gasteiger partial charge is 0.323 e. The molecule has 21 heavy (non-hydrogen) atoms. The third-order valence-electron chi connectivity index (χ3n) is 2.69. The van der Waals surface area contributed by atoms with E-state index in [1.54, 1.807) is 25.1 Å². The zero-order valence-electron chi connectivity index (χ0n) is 10.9. The fourth-order valence-corrected chi connectivity index (χ4v) is 3.01. The first-order chi connectivity index (χ1) is 9.92. The predicted octanol–water partition coefficient (Wildman–Crippen LogP) is 4.00. The molecular weight excluding hydrogens is 379 g/mol. The Hall–Kier alpha value is -1.34. The summed E-state index contributed by atoms with van der Waals surface area (Å²) in [6.45, 7) is 1.80. The van der Waals surface area contributed by atoms with E-state index in [9.17, 15) is 4.79 Å². The lowest BCUT2D eigenvalue weighted by atomic mass is 10.2. The second-order valence-electron chi connectivity index (χ2n) is 4.21. The molecule has 0 unspecified atom stereocenters. The van der Waals surface area contributed by atoms with Crippen LogP contribution in [-0.4, -0.2) is 10.9 Å². The number of pyridine rings is 1. The highest BCUT2D eigenvalue weighted by molar-refractivity contribution is 9.10. The molecule has 0 bridgehead atoms. The molecule has 2 aromatic rings. The molecule has 110 valence electrons. The molecule has 1 aromatic carbocycles. The number of nitrogens with zero attached hydrogens (tertiary/aromatic N) is 1. The molecule has 1 aromatic heterocycles. The van der Waals surface area contributed by atoms with E-state index in [1.807, 2.05) is 0 Å². The molecule has 2 rings (SSSR count). The van der Waals surface area contributed by atoms with Crippen molar-refractivity contribution >= 4 is 56.4 Å². The Morgan fingerprint density at radius 1 is 1.29 bits per heavy atom. The molecule has 0 radical (unpaired) electrons. The predicted molar refractivity (Wildman–Crippen MR) is 88.9 cm³/mol. The average Bonchev–Trinajstić information content (AvgIpc) is 2.42. The Bertz CT molecular complexity index is 686. The second kappa shape index (κ2) is 6.62. The number of halogens is 3. The van der Waals surface area contributed by atoms with Crippen molar-refractivity contribution in [2.24, 2.45) is 5.84 Å². The van der Waals surface area contributed by atoms with Crippen LogP contribution < -0.4 is 16.6 Å². The van der Waals surface area contributed by atoms with Crippen molar-refractivity contribution in [1.82, 2.24) is 4.98 Å². The molecule has 1 amide bonds. The van der Waals surface area contributed by atoms with Crippen LogP contribution in [0.1, 0.15) is 16.1 Å². The minimum atomic E-state index is -0.415. The van der Waals surface area contributed by atoms with Gasteiger partial charge in [0.15, 0.2) is 0 Å². The number of hydrazine groups is 1. The van der Waals surface area contributed by atoms with Gasteiger partial charge in [-0.15, -0.1) is 0 Å². The van der Waals surface area contributed by atoms with Crippen molar-refractivity contribution < 1.29 is 4.79 Å². The molecule has 4 N–H and O–H groups in total. The number of anilines is 2. The van der Waals surface area contributed by atoms with Crippen LogP contribution in [0.15, 0.2) is 28.9 Å². The normalized spacial score (nSPS) is 10.3. The van der Waals surface area contributed by atoms with E-state index in [0.29, 0.717) is 21.4 Å². The van der Waals surface area contributed by atoms with Crippen LogP contribution in [0.3, 0.4) is 0 Å². The molecule has 0 saturated carbocycles. The third-order valence-corrected chi connectivity index (χ3v) is 3.74. The topological polar surface area (TPSA) is 80.0 Å². The maximum atomic E-state index is 12.3. The van der Waals surface area contributed by atoms with Crippen molar-refractivity contribution in [3.8, 4) is 0 Å². The molecular formula is C13H11BrCl2N4O. The maximum Gasteiger partial charge on any atom is 0.259 e. The van der Waals surface area contributed by atoms with Gasteiger partial charge in [-0.25, -0.2) is 0 Å². The fourth-order valence-electron chi connectivity index (χ4n) is 1.70. The van der Waals surface area contributed by atoms with Gasteiger partial charge in [0.2, 0.25) is 0 Å². The van der Waals surface area contributed by atoms with Crippen LogP contribution in [0, 0.1) is 6.92 Å². The Morgan fingerprint density at radius 2 is 1.90 bits per heavy atom. The number of carbonyl (C=O) groups is 1. The van der Waals surface area contributed by atoms with Gasteiger partial charge in [0, 0.05) is 16.4 Å². The highest BCUT2D eigenvalue weighted by Gasteiger charge is 2.16. The van der Waals surface area contributed by atoms with E-state index >= 15 is 0 Å². The smallest absolute Gasteiger partial charge is 0.259 e. The summed E-state index contributed by atoms with van der Waals surface area (Å²) in [5.74, 6) is 5.00. The molecule has 0 aliphatic heterocycles. The number of amides is 1. The first kappa shape index (κ1) is 16.0. The number of benzene rings is 1. The van der Waals surface area contributed by atoms with Crippen molar-refractivity contribution in [2.75, 3.05) is 10.7 Å². The van der Waals surface area contributed by atoms with E-state index < -0.39 is 5.91 Å². The fraction of sp³-hybridized carbons (Fsp3) is 0.0769. The Labute approximate surface area is 139 Å². The molecule has 0 spiro atoms. The number of aryl methyl sites for hydroxylation is 1. The van der Waals surface area contributed by atoms with Crippen LogP contribution in [0.2, 0.25) is 10.0 Å². The van der Waals surface area contributed by atoms with Gasteiger partial charge < -0.3 is 10.7 Å². The number of nitrogen functional groups attached to an aromatic ring is 1. The molecule has 1 heterocycles. The summed E-state index contributed by atoms with van der Waals surface area (Å²) in [5.41, 5.74) is 4.28. The van der Waals surface area contributed by atoms with Crippen LogP contribution >= 0.6 is 39.1 Å². The van der Waals surface area contributed by atoms with Crippen LogP contribution in [0.4, 0.5) is 11.4 Å². The van der Waals surface area contributed by atoms with Gasteiger partial charge >= 0.3 is 0 Å². The molecule has 0 atom stereocenters. The highest BCUT2D eigenvalue weighted by Crippen LogP contribution is 2.34. The molecule has 8 heteroatoms. The number of hydrogen-bond acceptors (Lipinski definition) is 4. The number of hydrogen-bond donors (Lipinski definition) is 3. The highest BCUT2D eigenvalue weighted by atomic mass is 79.9. The van der Waals surface area contributed by atoms with Crippen molar-refractivity contribution in [1.29, 1.82) is 0 Å². The van der Waals surface area contributed by atoms with Gasteiger partial charge in [-0.2, -0.15) is 0 Å². The zero-order chi connectivity index (χ0) is 15.6. The molecule has 0 aliphatic carbocycles. The lowest BCUT2D eigenvalue weighted by Gasteiger charge is -2.12. The zero-order valence-corrected chi connectivity index (χ0v) is 14.0. The maximum absolute atomic E-state index is 12.3. The monoisotopic (exact) mass is 388 g/mol. The van der Waals surface area contributed by atoms with Gasteiger partial charge in [-0.05, 0) is 25.1 Å². The van der Waals surface area contributed by atoms with Crippen molar-refractivity contribution in [3.63, 3.8) is 0 Å². The minimum absolute atomic E-state index is 0.290. The third kappa shape index (κ3) is 3.65. The SMILES string of the molecule is Cc1cc(NN)c(C(=O)Nc2c(Cl)cc(Br)cc2Cl)cn1. The van der Waals surface area contributed by atoms with Crippen LogP contribution in [-0.2, 0) is 0 Å². The number of rotatable bonds is 3. The van der Waals surface area contributed by atoms with Crippen LogP contribution in [0.25, 0.3) is 0 Å². The minimum Gasteiger partial charge on any atom is -0.323 e. The lowest BCUT2D eigenvalue weighted by molar-refractivity contribution is 0.102. The summed E-state index contributed by atoms with van der Waals surface area (Å²) in [5, 5.41) is 3.31. The van der Waals surface area contributed by atoms with Crippen LogP contribution in [0.5, 0.6) is 0 Å². The molecule has 0 fully saturated rings. The lowest BCUT2D eigenvalue weighted by Crippen LogP contribution is -2.18. The second-order valence-corrected chi connectivity index (χ2v) is 5.94. The summed E-state index contributed by atoms with van der Waals surface area (Å²) < 4.78 is 0.719. The first-order valence-electron chi connectivity index (χ1n) is 5.81. The van der Waals surface area contributed by atoms with E-state index in [0.717, 1.165) is 10.2 Å². The summed E-state index contributed by atoms with van der Waals surface area (Å²) in [6, 6.07) is 4.94. The van der Waals surface area contributed by atoms with E-state index in [4.69, 9.17) is 29.0 Å². The number of nitrogens with two attached hydrogens (primary N) is 1. The molecule has 5 nitrogen and oxygen atoms in total. The summed E-state index contributed by atoms with van der Waals surface area (Å²) in [6.07, 6.45) is 1.43. The van der Waals surface area contributed by atoms with Crippen molar-refractivity contribution in [3.05, 3.63) is 50.2 Å². The van der Waals surface area contributed by atoms with Gasteiger partial charge in [0.25, 0.3) is 5.91 Å². The van der Waals surface area contributed by atoms with E-state index in [2.05, 4.69) is 31.7 Å². The van der Waals surface area contributed by atoms with Gasteiger partial charge in [-0.3, -0.25) is 15.6 Å². The quantitative estimate of drug-likeness (QED) is 0.547. The summed E-state index contributed by atoms with van der Waals surface area (Å²) >= 11 is 15.4. The standard InChI is InChI=1S/C13H11BrCl2N4O/c1-6-2-11(20-17)8(5-18-6)13(21)19-12-9(15)3-7(14)4-10(12)16/h2-5H,17H2,1H3,(H,18,20)(H,19,21). The van der Waals surface area contributed by atoms with Gasteiger partial charge in [-0.1, -0.05) is 39.1 Å². The van der Waals surface area contributed by atoms with E-state index in [-0.39, 0.29) is 5.56 Å². The van der Waals surface area contributed by atoms with Crippen molar-refractivity contribution in [2.45, 2.75) is 6.92 Å². The Kier molecular flexibility index (Phi) is 5.05. The summed E-state index contributed by atoms with van der Waals surface area (Å²) in [7, 11) is 0. The van der Waals surface area contributed by atoms with E-state index in [1.165, 1.54) is 6.20 Å². The van der Waals surface area contributed by atoms with Gasteiger partial charge in [0.1, 0.15) is 0 Å². The average molecular weight is 390 g/mol. The number of carbonyl (C=O) groups excluding carboxylic acids is 1. The number of nitrogens with one attached hydrogen (secondary N) is 2.